The Morgan fingerprint density at radius 2 is 1.96 bits per heavy atom. The van der Waals surface area contributed by atoms with E-state index in [0.717, 1.165) is 11.3 Å². The lowest BCUT2D eigenvalue weighted by Gasteiger charge is -2.23. The Balaban J connectivity index is 2.26. The van der Waals surface area contributed by atoms with Gasteiger partial charge in [0, 0.05) is 17.8 Å². The third kappa shape index (κ3) is 4.32. The van der Waals surface area contributed by atoms with E-state index < -0.39 is 0 Å². The van der Waals surface area contributed by atoms with Crippen molar-refractivity contribution in [1.29, 1.82) is 0 Å². The maximum absolute atomic E-state index is 12.6. The van der Waals surface area contributed by atoms with Gasteiger partial charge in [0.1, 0.15) is 0 Å². The van der Waals surface area contributed by atoms with Gasteiger partial charge in [-0.3, -0.25) is 10.2 Å². The third-order valence-corrected chi connectivity index (χ3v) is 3.70. The van der Waals surface area contributed by atoms with Crippen molar-refractivity contribution in [2.24, 2.45) is 0 Å². The Bertz CT molecular complexity index is 726. The summed E-state index contributed by atoms with van der Waals surface area (Å²) in [4.78, 5) is 14.2. The number of nitrogens with zero attached hydrogens (tertiary/aromatic N) is 3. The van der Waals surface area contributed by atoms with Crippen molar-refractivity contribution in [2.45, 2.75) is 26.2 Å². The molecule has 2 aromatic rings. The topological polar surface area (TPSA) is 58.1 Å². The smallest absolute Gasteiger partial charge is 0.290 e. The summed E-state index contributed by atoms with van der Waals surface area (Å²) in [5.41, 5.74) is 1.39. The monoisotopic (exact) mass is 344 g/mol. The molecule has 24 heavy (non-hydrogen) atoms. The summed E-state index contributed by atoms with van der Waals surface area (Å²) in [5.74, 6) is 0.360. The minimum Gasteiger partial charge on any atom is -0.290 e. The van der Waals surface area contributed by atoms with Gasteiger partial charge in [0.25, 0.3) is 0 Å². The van der Waals surface area contributed by atoms with E-state index in [9.17, 15) is 4.79 Å². The maximum atomic E-state index is 12.6. The maximum Gasteiger partial charge on any atom is 0.327 e. The zero-order chi connectivity index (χ0) is 17.7. The fourth-order valence-corrected chi connectivity index (χ4v) is 2.56. The van der Waals surface area contributed by atoms with E-state index in [1.165, 1.54) is 0 Å². The van der Waals surface area contributed by atoms with Gasteiger partial charge in [0.2, 0.25) is 0 Å². The molecule has 2 rings (SSSR count). The Morgan fingerprint density at radius 3 is 2.54 bits per heavy atom. The van der Waals surface area contributed by atoms with Crippen LogP contribution in [0.3, 0.4) is 0 Å². The first-order chi connectivity index (χ1) is 11.3. The number of rotatable bonds is 4. The normalized spacial score (nSPS) is 11.0. The number of carbonyl (C=O) groups excluding carboxylic acids is 1. The van der Waals surface area contributed by atoms with E-state index in [0.29, 0.717) is 17.5 Å². The number of hydrogen-bond acceptors (Lipinski definition) is 3. The molecule has 0 fully saturated rings. The van der Waals surface area contributed by atoms with E-state index in [2.05, 4.69) is 22.1 Å². The van der Waals surface area contributed by atoms with Gasteiger partial charge in [0.05, 0.1) is 0 Å². The molecule has 0 saturated carbocycles. The van der Waals surface area contributed by atoms with Gasteiger partial charge in [0.15, 0.2) is 11.0 Å². The zero-order valence-electron chi connectivity index (χ0n) is 14.1. The zero-order valence-corrected chi connectivity index (χ0v) is 14.8. The molecule has 0 aliphatic heterocycles. The highest BCUT2D eigenvalue weighted by Gasteiger charge is 2.21. The summed E-state index contributed by atoms with van der Waals surface area (Å²) < 4.78 is 0. The number of halogens is 1. The molecule has 1 aromatic carbocycles. The molecular weight excluding hydrogens is 324 g/mol. The number of benzene rings is 1. The minimum absolute atomic E-state index is 0.202. The largest absolute Gasteiger partial charge is 0.327 e. The van der Waals surface area contributed by atoms with Crippen LogP contribution < -0.4 is 10.2 Å². The van der Waals surface area contributed by atoms with Crippen molar-refractivity contribution in [1.82, 2.24) is 10.2 Å². The number of aromatic nitrogens is 2. The molecule has 0 aliphatic carbocycles. The third-order valence-electron chi connectivity index (χ3n) is 3.42. The molecule has 0 spiro atoms. The molecule has 0 bridgehead atoms. The molecule has 1 N–H and O–H groups in total. The fourth-order valence-electron chi connectivity index (χ4n) is 2.18. The van der Waals surface area contributed by atoms with Crippen LogP contribution in [0.5, 0.6) is 0 Å². The fraction of sp³-hybridized carbons (Fsp3) is 0.278. The second kappa shape index (κ2) is 7.45. The highest BCUT2D eigenvalue weighted by molar-refractivity contribution is 6.30. The molecule has 5 nitrogen and oxygen atoms in total. The molecule has 2 amide bonds. The Morgan fingerprint density at radius 1 is 1.29 bits per heavy atom. The number of para-hydroxylation sites is 1. The number of hydrogen-bond donors (Lipinski definition) is 1. The van der Waals surface area contributed by atoms with Gasteiger partial charge < -0.3 is 0 Å². The van der Waals surface area contributed by atoms with Crippen molar-refractivity contribution >= 4 is 29.1 Å². The van der Waals surface area contributed by atoms with E-state index in [1.54, 1.807) is 17.0 Å². The Kier molecular flexibility index (Phi) is 5.57. The molecular formula is C18H21ClN4O. The molecule has 0 radical (unpaired) electrons. The van der Waals surface area contributed by atoms with Gasteiger partial charge >= 0.3 is 6.03 Å². The summed E-state index contributed by atoms with van der Waals surface area (Å²) in [5, 5.41) is 11.0. The minimum atomic E-state index is -0.308. The quantitative estimate of drug-likeness (QED) is 0.821. The molecule has 1 heterocycles. The Hall–Kier alpha value is -2.40. The molecule has 126 valence electrons. The second-order valence-electron chi connectivity index (χ2n) is 6.35. The van der Waals surface area contributed by atoms with E-state index >= 15 is 0 Å². The van der Waals surface area contributed by atoms with Crippen molar-refractivity contribution in [3.63, 3.8) is 0 Å². The molecule has 6 heteroatoms. The highest BCUT2D eigenvalue weighted by atomic mass is 35.5. The van der Waals surface area contributed by atoms with Gasteiger partial charge in [-0.05, 0) is 23.6 Å². The van der Waals surface area contributed by atoms with Crippen molar-refractivity contribution in [2.75, 3.05) is 16.8 Å². The molecule has 0 saturated heterocycles. The van der Waals surface area contributed by atoms with E-state index in [4.69, 9.17) is 11.6 Å². The van der Waals surface area contributed by atoms with Gasteiger partial charge in [-0.15, -0.1) is 16.8 Å². The average molecular weight is 345 g/mol. The van der Waals surface area contributed by atoms with Crippen LogP contribution in [0.4, 0.5) is 16.3 Å². The summed E-state index contributed by atoms with van der Waals surface area (Å²) in [6.45, 7) is 10.2. The molecule has 0 unspecified atom stereocenters. The number of carbonyl (C=O) groups is 1. The molecule has 0 aliphatic rings. The summed E-state index contributed by atoms with van der Waals surface area (Å²) in [7, 11) is 0. The highest BCUT2D eigenvalue weighted by Crippen LogP contribution is 2.29. The standard InChI is InChI=1S/C18H21ClN4O/c1-5-11-23(13-9-7-6-8-10-13)17(24)20-15-12-14(18(2,3)4)16(19)22-21-15/h5-10,12H,1,11H2,2-4H3,(H,20,21,24). The summed E-state index contributed by atoms with van der Waals surface area (Å²) in [6.07, 6.45) is 1.67. The first kappa shape index (κ1) is 17.9. The first-order valence-electron chi connectivity index (χ1n) is 7.61. The number of amides is 2. The van der Waals surface area contributed by atoms with Crippen LogP contribution in [0.2, 0.25) is 5.15 Å². The van der Waals surface area contributed by atoms with Crippen LogP contribution in [0.1, 0.15) is 26.3 Å². The summed E-state index contributed by atoms with van der Waals surface area (Å²) >= 11 is 6.12. The molecule has 0 atom stereocenters. The first-order valence-corrected chi connectivity index (χ1v) is 7.99. The number of nitrogens with one attached hydrogen (secondary N) is 1. The van der Waals surface area contributed by atoms with Crippen LogP contribution >= 0.6 is 11.6 Å². The molecule has 1 aromatic heterocycles. The van der Waals surface area contributed by atoms with Crippen LogP contribution in [0.25, 0.3) is 0 Å². The lowest BCUT2D eigenvalue weighted by atomic mass is 9.88. The predicted molar refractivity (Wildman–Crippen MR) is 98.7 cm³/mol. The lowest BCUT2D eigenvalue weighted by molar-refractivity contribution is 0.257. The summed E-state index contributed by atoms with van der Waals surface area (Å²) in [6, 6.07) is 10.8. The van der Waals surface area contributed by atoms with Gasteiger partial charge in [-0.1, -0.05) is 56.6 Å². The SMILES string of the molecule is C=CCN(C(=O)Nc1cc(C(C)(C)C)c(Cl)nn1)c1ccccc1. The van der Waals surface area contributed by atoms with Crippen molar-refractivity contribution in [3.05, 3.63) is 59.8 Å². The number of urea groups is 1. The van der Waals surface area contributed by atoms with Crippen LogP contribution in [0.15, 0.2) is 49.1 Å². The second-order valence-corrected chi connectivity index (χ2v) is 6.71. The van der Waals surface area contributed by atoms with Gasteiger partial charge in [-0.2, -0.15) is 0 Å². The van der Waals surface area contributed by atoms with E-state index in [1.807, 2.05) is 51.1 Å². The average Bonchev–Trinajstić information content (AvgIpc) is 2.54. The van der Waals surface area contributed by atoms with Gasteiger partial charge in [-0.25, -0.2) is 4.79 Å². The predicted octanol–water partition coefficient (Wildman–Crippen LogP) is 4.65. The Labute approximate surface area is 147 Å². The van der Waals surface area contributed by atoms with E-state index in [-0.39, 0.29) is 11.4 Å². The lowest BCUT2D eigenvalue weighted by Crippen LogP contribution is -2.35. The van der Waals surface area contributed by atoms with Crippen LogP contribution in [-0.4, -0.2) is 22.8 Å². The number of anilines is 2. The van der Waals surface area contributed by atoms with Crippen LogP contribution in [-0.2, 0) is 5.41 Å². The van der Waals surface area contributed by atoms with Crippen molar-refractivity contribution < 1.29 is 4.79 Å². The van der Waals surface area contributed by atoms with Crippen molar-refractivity contribution in [3.8, 4) is 0 Å². The van der Waals surface area contributed by atoms with Crippen LogP contribution in [0, 0.1) is 0 Å².